The number of hydrogen-bond acceptors (Lipinski definition) is 6. The predicted molar refractivity (Wildman–Crippen MR) is 134 cm³/mol. The van der Waals surface area contributed by atoms with Crippen molar-refractivity contribution < 1.29 is 33.5 Å². The Balaban J connectivity index is 1.58. The van der Waals surface area contributed by atoms with Crippen LogP contribution in [-0.4, -0.2) is 73.8 Å². The number of carbonyl (C=O) groups is 3. The molecule has 5 atom stereocenters. The number of hydrogen-bond donors (Lipinski definition) is 2. The molecule has 0 radical (unpaired) electrons. The quantitative estimate of drug-likeness (QED) is 0.501. The zero-order valence-electron chi connectivity index (χ0n) is 22.0. The van der Waals surface area contributed by atoms with Gasteiger partial charge in [-0.2, -0.15) is 0 Å². The number of amides is 2. The molecule has 9 nitrogen and oxygen atoms in total. The topological polar surface area (TPSA) is 114 Å². The van der Waals surface area contributed by atoms with Gasteiger partial charge in [-0.15, -0.1) is 0 Å². The number of ether oxygens (including phenoxy) is 1. The lowest BCUT2D eigenvalue weighted by atomic mass is 9.43. The SMILES string of the molecule is COc1c(CC(NC(=O)CCC(=O)N(C)C)B2OC3CC4CC(C4(C)C)C3(C)O2)cccc1C(=O)O. The fraction of sp³-hybridized carbons (Fsp3) is 0.654. The number of aromatic carboxylic acids is 1. The van der Waals surface area contributed by atoms with Crippen LogP contribution in [0.25, 0.3) is 0 Å². The number of carbonyl (C=O) groups excluding carboxylic acids is 2. The second kappa shape index (κ2) is 9.70. The van der Waals surface area contributed by atoms with Crippen LogP contribution >= 0.6 is 0 Å². The molecule has 0 aromatic heterocycles. The molecule has 196 valence electrons. The van der Waals surface area contributed by atoms with Gasteiger partial charge in [0.2, 0.25) is 11.8 Å². The number of nitrogens with one attached hydrogen (secondary N) is 1. The second-order valence-electron chi connectivity index (χ2n) is 11.3. The maximum absolute atomic E-state index is 12.9. The summed E-state index contributed by atoms with van der Waals surface area (Å²) in [6.07, 6.45) is 2.32. The van der Waals surface area contributed by atoms with Crippen molar-refractivity contribution in [1.29, 1.82) is 0 Å². The minimum atomic E-state index is -1.09. The Morgan fingerprint density at radius 3 is 2.56 bits per heavy atom. The summed E-state index contributed by atoms with van der Waals surface area (Å²) in [5.41, 5.74) is 0.394. The lowest BCUT2D eigenvalue weighted by Gasteiger charge is -2.64. The Hall–Kier alpha value is -2.59. The summed E-state index contributed by atoms with van der Waals surface area (Å²) in [7, 11) is 4.03. The average Bonchev–Trinajstić information content (AvgIpc) is 3.18. The zero-order chi connectivity index (χ0) is 26.4. The summed E-state index contributed by atoms with van der Waals surface area (Å²) in [4.78, 5) is 38.1. The molecule has 1 aromatic rings. The third kappa shape index (κ3) is 4.61. The monoisotopic (exact) mass is 500 g/mol. The Morgan fingerprint density at radius 1 is 1.22 bits per heavy atom. The summed E-state index contributed by atoms with van der Waals surface area (Å²) in [5.74, 6) is -0.917. The summed E-state index contributed by atoms with van der Waals surface area (Å²) >= 11 is 0. The van der Waals surface area contributed by atoms with Crippen LogP contribution in [0.4, 0.5) is 0 Å². The van der Waals surface area contributed by atoms with Gasteiger partial charge < -0.3 is 29.4 Å². The van der Waals surface area contributed by atoms with E-state index in [9.17, 15) is 19.5 Å². The van der Waals surface area contributed by atoms with Crippen molar-refractivity contribution in [3.05, 3.63) is 29.3 Å². The highest BCUT2D eigenvalue weighted by Gasteiger charge is 2.68. The second-order valence-corrected chi connectivity index (χ2v) is 11.3. The first kappa shape index (κ1) is 26.5. The molecule has 2 bridgehead atoms. The Kier molecular flexibility index (Phi) is 7.14. The highest BCUT2D eigenvalue weighted by Crippen LogP contribution is 2.65. The van der Waals surface area contributed by atoms with E-state index < -0.39 is 24.6 Å². The lowest BCUT2D eigenvalue weighted by molar-refractivity contribution is -0.199. The van der Waals surface area contributed by atoms with Crippen molar-refractivity contribution in [2.24, 2.45) is 17.3 Å². The van der Waals surface area contributed by atoms with Gasteiger partial charge in [0.25, 0.3) is 0 Å². The summed E-state index contributed by atoms with van der Waals surface area (Å²) in [5, 5.41) is 12.6. The largest absolute Gasteiger partial charge is 0.496 e. The van der Waals surface area contributed by atoms with Crippen LogP contribution in [0.15, 0.2) is 18.2 Å². The molecule has 5 rings (SSSR count). The van der Waals surface area contributed by atoms with Gasteiger partial charge >= 0.3 is 13.1 Å². The average molecular weight is 500 g/mol. The van der Waals surface area contributed by atoms with Crippen molar-refractivity contribution in [2.45, 2.75) is 70.5 Å². The molecule has 2 N–H and O–H groups in total. The van der Waals surface area contributed by atoms with E-state index >= 15 is 0 Å². The van der Waals surface area contributed by atoms with E-state index in [0.717, 1.165) is 12.8 Å². The van der Waals surface area contributed by atoms with Gasteiger partial charge in [0.15, 0.2) is 0 Å². The van der Waals surface area contributed by atoms with E-state index in [2.05, 4.69) is 26.1 Å². The highest BCUT2D eigenvalue weighted by atomic mass is 16.7. The molecule has 10 heteroatoms. The number of para-hydroxylation sites is 1. The molecule has 5 unspecified atom stereocenters. The van der Waals surface area contributed by atoms with E-state index in [1.165, 1.54) is 18.1 Å². The number of nitrogens with zero attached hydrogens (tertiary/aromatic N) is 1. The number of methoxy groups -OCH3 is 1. The van der Waals surface area contributed by atoms with Crippen LogP contribution in [0.2, 0.25) is 0 Å². The van der Waals surface area contributed by atoms with Crippen molar-refractivity contribution >= 4 is 24.9 Å². The molecule has 2 amide bonds. The first-order valence-corrected chi connectivity index (χ1v) is 12.6. The van der Waals surface area contributed by atoms with Gasteiger partial charge in [0, 0.05) is 26.9 Å². The minimum Gasteiger partial charge on any atom is -0.496 e. The van der Waals surface area contributed by atoms with Crippen LogP contribution < -0.4 is 10.1 Å². The predicted octanol–water partition coefficient (Wildman–Crippen LogP) is 2.56. The number of benzene rings is 1. The maximum Gasteiger partial charge on any atom is 0.482 e. The van der Waals surface area contributed by atoms with Crippen molar-refractivity contribution in [1.82, 2.24) is 10.2 Å². The van der Waals surface area contributed by atoms with Gasteiger partial charge in [-0.05, 0) is 55.1 Å². The molecule has 4 aliphatic rings. The van der Waals surface area contributed by atoms with Crippen LogP contribution in [0, 0.1) is 17.3 Å². The van der Waals surface area contributed by atoms with E-state index in [1.54, 1.807) is 26.2 Å². The molecule has 1 saturated heterocycles. The van der Waals surface area contributed by atoms with Crippen molar-refractivity contribution in [3.8, 4) is 5.75 Å². The smallest absolute Gasteiger partial charge is 0.482 e. The van der Waals surface area contributed by atoms with Crippen LogP contribution in [0.1, 0.15) is 62.4 Å². The zero-order valence-corrected chi connectivity index (χ0v) is 22.0. The number of rotatable bonds is 9. The van der Waals surface area contributed by atoms with Crippen LogP contribution in [0.3, 0.4) is 0 Å². The molecular weight excluding hydrogens is 463 g/mol. The normalized spacial score (nSPS) is 28.5. The van der Waals surface area contributed by atoms with Gasteiger partial charge in [-0.25, -0.2) is 4.79 Å². The first-order chi connectivity index (χ1) is 16.9. The molecule has 4 fully saturated rings. The molecule has 0 spiro atoms. The maximum atomic E-state index is 12.9. The fourth-order valence-electron chi connectivity index (χ4n) is 6.40. The van der Waals surface area contributed by atoms with E-state index in [4.69, 9.17) is 14.0 Å². The summed E-state index contributed by atoms with van der Waals surface area (Å²) in [6.45, 7) is 6.68. The molecule has 1 aromatic carbocycles. The Labute approximate surface area is 213 Å². The van der Waals surface area contributed by atoms with Gasteiger partial charge in [-0.3, -0.25) is 9.59 Å². The Morgan fingerprint density at radius 2 is 1.94 bits per heavy atom. The number of carboxylic acid groups (broad SMARTS) is 1. The molecule has 1 aliphatic heterocycles. The van der Waals surface area contributed by atoms with Crippen molar-refractivity contribution in [2.75, 3.05) is 21.2 Å². The third-order valence-corrected chi connectivity index (χ3v) is 8.68. The lowest BCUT2D eigenvalue weighted by Crippen LogP contribution is -2.65. The summed E-state index contributed by atoms with van der Waals surface area (Å²) in [6, 6.07) is 4.92. The van der Waals surface area contributed by atoms with Crippen molar-refractivity contribution in [3.63, 3.8) is 0 Å². The standard InChI is InChI=1S/C26H37BN2O7/c1-25(2)16-13-18(25)26(3)19(14-16)35-27(36-26)20(28-21(30)10-11-22(31)29(4)5)12-15-8-7-9-17(24(32)33)23(15)34-6/h7-9,16,18-20H,10-14H2,1-6H3,(H,28,30)(H,32,33). The fourth-order valence-corrected chi connectivity index (χ4v) is 6.40. The third-order valence-electron chi connectivity index (χ3n) is 8.68. The number of carboxylic acids is 1. The highest BCUT2D eigenvalue weighted by molar-refractivity contribution is 6.48. The first-order valence-electron chi connectivity index (χ1n) is 12.6. The van der Waals surface area contributed by atoms with E-state index in [0.29, 0.717) is 17.4 Å². The van der Waals surface area contributed by atoms with Crippen LogP contribution in [-0.2, 0) is 25.3 Å². The van der Waals surface area contributed by atoms with Gasteiger partial charge in [-0.1, -0.05) is 26.0 Å². The molecule has 36 heavy (non-hydrogen) atoms. The molecule has 3 saturated carbocycles. The van der Waals surface area contributed by atoms with E-state index in [1.807, 2.05) is 0 Å². The van der Waals surface area contributed by atoms with Gasteiger partial charge in [0.1, 0.15) is 11.3 Å². The molecular formula is C26H37BN2O7. The Bertz CT molecular complexity index is 1050. The van der Waals surface area contributed by atoms with Crippen LogP contribution in [0.5, 0.6) is 5.75 Å². The minimum absolute atomic E-state index is 0.0327. The summed E-state index contributed by atoms with van der Waals surface area (Å²) < 4.78 is 18.5. The van der Waals surface area contributed by atoms with E-state index in [-0.39, 0.29) is 53.9 Å². The van der Waals surface area contributed by atoms with Gasteiger partial charge in [0.05, 0.1) is 24.8 Å². The molecule has 3 aliphatic carbocycles. The molecule has 1 heterocycles.